The number of hydrogen-bond donors (Lipinski definition) is 1. The molecule has 1 aliphatic heterocycles. The molecule has 1 N–H and O–H groups in total. The summed E-state index contributed by atoms with van der Waals surface area (Å²) in [6.45, 7) is 6.92. The van der Waals surface area contributed by atoms with E-state index in [-0.39, 0.29) is 12.1 Å². The molecular formula is C18H24N2O3. The molecule has 1 saturated heterocycles. The Morgan fingerprint density at radius 1 is 1.22 bits per heavy atom. The van der Waals surface area contributed by atoms with E-state index in [0.29, 0.717) is 19.0 Å². The number of likely N-dealkylation sites (tertiary alicyclic amines) is 1. The van der Waals surface area contributed by atoms with Crippen molar-refractivity contribution in [3.05, 3.63) is 30.3 Å². The maximum absolute atomic E-state index is 12.1. The van der Waals surface area contributed by atoms with Gasteiger partial charge in [0.05, 0.1) is 5.52 Å². The molecule has 0 aliphatic carbocycles. The minimum Gasteiger partial charge on any atom is -0.494 e. The normalized spacial score (nSPS) is 16.7. The number of aromatic nitrogens is 1. The fourth-order valence-electron chi connectivity index (χ4n) is 3.18. The summed E-state index contributed by atoms with van der Waals surface area (Å²) < 4.78 is 7.42. The lowest BCUT2D eigenvalue weighted by atomic mass is 10.0. The van der Waals surface area contributed by atoms with E-state index in [4.69, 9.17) is 4.74 Å². The number of hydrogen-bond acceptors (Lipinski definition) is 3. The summed E-state index contributed by atoms with van der Waals surface area (Å²) in [7, 11) is 0. The van der Waals surface area contributed by atoms with Crippen molar-refractivity contribution in [3.8, 4) is 5.88 Å². The molecule has 1 aromatic carbocycles. The number of para-hydroxylation sites is 1. The third-order valence-corrected chi connectivity index (χ3v) is 4.21. The van der Waals surface area contributed by atoms with Crippen LogP contribution in [0.3, 0.4) is 0 Å². The first-order chi connectivity index (χ1) is 10.8. The quantitative estimate of drug-likeness (QED) is 0.867. The van der Waals surface area contributed by atoms with Gasteiger partial charge in [-0.25, -0.2) is 4.79 Å². The third-order valence-electron chi connectivity index (χ3n) is 4.21. The molecule has 0 bridgehead atoms. The van der Waals surface area contributed by atoms with Crippen molar-refractivity contribution in [1.82, 2.24) is 9.47 Å². The molecule has 0 radical (unpaired) electrons. The number of benzene rings is 1. The Hall–Kier alpha value is -2.17. The first-order valence-electron chi connectivity index (χ1n) is 8.12. The van der Waals surface area contributed by atoms with Gasteiger partial charge in [-0.1, -0.05) is 18.2 Å². The van der Waals surface area contributed by atoms with Crippen molar-refractivity contribution >= 4 is 17.0 Å². The van der Waals surface area contributed by atoms with Gasteiger partial charge >= 0.3 is 6.09 Å². The molecule has 1 aromatic heterocycles. The molecule has 1 aliphatic rings. The predicted molar refractivity (Wildman–Crippen MR) is 89.7 cm³/mol. The number of piperidine rings is 1. The van der Waals surface area contributed by atoms with Crippen LogP contribution in [0.15, 0.2) is 30.3 Å². The van der Waals surface area contributed by atoms with E-state index in [9.17, 15) is 9.90 Å². The maximum atomic E-state index is 12.1. The summed E-state index contributed by atoms with van der Waals surface area (Å²) in [5.41, 5.74) is 0.573. The van der Waals surface area contributed by atoms with E-state index in [1.807, 2.05) is 49.6 Å². The second-order valence-electron chi connectivity index (χ2n) is 7.13. The number of rotatable bonds is 1. The molecule has 5 heteroatoms. The van der Waals surface area contributed by atoms with Gasteiger partial charge in [0.15, 0.2) is 5.88 Å². The van der Waals surface area contributed by atoms with Crippen LogP contribution < -0.4 is 0 Å². The van der Waals surface area contributed by atoms with Gasteiger partial charge in [-0.05, 0) is 39.7 Å². The molecule has 0 unspecified atom stereocenters. The fourth-order valence-corrected chi connectivity index (χ4v) is 3.18. The van der Waals surface area contributed by atoms with Gasteiger partial charge in [0.2, 0.25) is 0 Å². The lowest BCUT2D eigenvalue weighted by Crippen LogP contribution is -2.42. The number of nitrogens with zero attached hydrogens (tertiary/aromatic N) is 2. The van der Waals surface area contributed by atoms with Crippen LogP contribution >= 0.6 is 0 Å². The van der Waals surface area contributed by atoms with Gasteiger partial charge in [0.1, 0.15) is 5.60 Å². The van der Waals surface area contributed by atoms with Crippen LogP contribution in [0.25, 0.3) is 10.9 Å². The number of carbonyl (C=O) groups is 1. The summed E-state index contributed by atoms with van der Waals surface area (Å²) in [5.74, 6) is 0.293. The van der Waals surface area contributed by atoms with Crippen LogP contribution in [0.4, 0.5) is 4.79 Å². The molecule has 0 saturated carbocycles. The molecular weight excluding hydrogens is 292 g/mol. The zero-order valence-electron chi connectivity index (χ0n) is 14.0. The molecule has 0 atom stereocenters. The lowest BCUT2D eigenvalue weighted by Gasteiger charge is -2.34. The van der Waals surface area contributed by atoms with E-state index in [1.54, 1.807) is 11.0 Å². The average Bonchev–Trinajstić information content (AvgIpc) is 2.81. The largest absolute Gasteiger partial charge is 0.494 e. The standard InChI is InChI=1S/C18H24N2O3/c1-18(2,3)23-17(22)19-10-8-14(9-11-19)20-15-7-5-4-6-13(15)12-16(20)21/h4-7,12,14,21H,8-11H2,1-3H3. The molecule has 2 aromatic rings. The second kappa shape index (κ2) is 5.80. The summed E-state index contributed by atoms with van der Waals surface area (Å²) in [6, 6.07) is 9.98. The van der Waals surface area contributed by atoms with Crippen LogP contribution in [0.1, 0.15) is 39.7 Å². The first kappa shape index (κ1) is 15.7. The molecule has 1 amide bonds. The Labute approximate surface area is 136 Å². The van der Waals surface area contributed by atoms with Crippen LogP contribution in [0.5, 0.6) is 5.88 Å². The van der Waals surface area contributed by atoms with Crippen LogP contribution in [-0.4, -0.2) is 39.4 Å². The third kappa shape index (κ3) is 3.28. The van der Waals surface area contributed by atoms with E-state index in [1.165, 1.54) is 0 Å². The summed E-state index contributed by atoms with van der Waals surface area (Å²) in [6.07, 6.45) is 1.37. The predicted octanol–water partition coefficient (Wildman–Crippen LogP) is 3.92. The van der Waals surface area contributed by atoms with E-state index >= 15 is 0 Å². The van der Waals surface area contributed by atoms with Gasteiger partial charge in [-0.3, -0.25) is 0 Å². The number of aromatic hydroxyl groups is 1. The average molecular weight is 316 g/mol. The van der Waals surface area contributed by atoms with Crippen molar-refractivity contribution in [3.63, 3.8) is 0 Å². The monoisotopic (exact) mass is 316 g/mol. The Kier molecular flexibility index (Phi) is 3.96. The molecule has 1 fully saturated rings. The summed E-state index contributed by atoms with van der Waals surface area (Å²) in [4.78, 5) is 13.9. The zero-order valence-corrected chi connectivity index (χ0v) is 14.0. The molecule has 23 heavy (non-hydrogen) atoms. The summed E-state index contributed by atoms with van der Waals surface area (Å²) >= 11 is 0. The first-order valence-corrected chi connectivity index (χ1v) is 8.12. The topological polar surface area (TPSA) is 54.7 Å². The maximum Gasteiger partial charge on any atom is 0.410 e. The van der Waals surface area contributed by atoms with Crippen molar-refractivity contribution in [2.24, 2.45) is 0 Å². The minimum atomic E-state index is -0.469. The molecule has 0 spiro atoms. The van der Waals surface area contributed by atoms with Crippen molar-refractivity contribution < 1.29 is 14.6 Å². The van der Waals surface area contributed by atoms with Crippen molar-refractivity contribution in [2.75, 3.05) is 13.1 Å². The number of carbonyl (C=O) groups excluding carboxylic acids is 1. The Morgan fingerprint density at radius 3 is 2.52 bits per heavy atom. The number of ether oxygens (including phenoxy) is 1. The van der Waals surface area contributed by atoms with Crippen LogP contribution in [-0.2, 0) is 4.74 Å². The van der Waals surface area contributed by atoms with Gasteiger partial charge in [0, 0.05) is 30.6 Å². The lowest BCUT2D eigenvalue weighted by molar-refractivity contribution is 0.0188. The van der Waals surface area contributed by atoms with Crippen LogP contribution in [0, 0.1) is 0 Å². The molecule has 124 valence electrons. The highest BCUT2D eigenvalue weighted by Gasteiger charge is 2.28. The van der Waals surface area contributed by atoms with Crippen molar-refractivity contribution in [2.45, 2.75) is 45.3 Å². The minimum absolute atomic E-state index is 0.202. The molecule has 5 nitrogen and oxygen atoms in total. The SMILES string of the molecule is CC(C)(C)OC(=O)N1CCC(n2c(O)cc3ccccc32)CC1. The Morgan fingerprint density at radius 2 is 1.87 bits per heavy atom. The highest BCUT2D eigenvalue weighted by molar-refractivity contribution is 5.82. The van der Waals surface area contributed by atoms with E-state index in [2.05, 4.69) is 0 Å². The van der Waals surface area contributed by atoms with Gasteiger partial charge < -0.3 is 19.3 Å². The zero-order chi connectivity index (χ0) is 16.6. The van der Waals surface area contributed by atoms with Gasteiger partial charge in [-0.15, -0.1) is 0 Å². The summed E-state index contributed by atoms with van der Waals surface area (Å²) in [5, 5.41) is 11.3. The highest BCUT2D eigenvalue weighted by atomic mass is 16.6. The smallest absolute Gasteiger partial charge is 0.410 e. The Balaban J connectivity index is 1.71. The van der Waals surface area contributed by atoms with E-state index < -0.39 is 5.60 Å². The molecule has 2 heterocycles. The number of amides is 1. The highest BCUT2D eigenvalue weighted by Crippen LogP contribution is 2.33. The fraction of sp³-hybridized carbons (Fsp3) is 0.500. The Bertz CT molecular complexity index is 707. The van der Waals surface area contributed by atoms with Crippen molar-refractivity contribution in [1.29, 1.82) is 0 Å². The second-order valence-corrected chi connectivity index (χ2v) is 7.13. The molecule has 3 rings (SSSR count). The van der Waals surface area contributed by atoms with Crippen LogP contribution in [0.2, 0.25) is 0 Å². The van der Waals surface area contributed by atoms with E-state index in [0.717, 1.165) is 23.7 Å². The van der Waals surface area contributed by atoms with Gasteiger partial charge in [-0.2, -0.15) is 0 Å². The number of fused-ring (bicyclic) bond motifs is 1. The van der Waals surface area contributed by atoms with Gasteiger partial charge in [0.25, 0.3) is 0 Å².